The summed E-state index contributed by atoms with van der Waals surface area (Å²) in [6.45, 7) is -0.871. The van der Waals surface area contributed by atoms with Crippen LogP contribution in [0, 0.1) is 0 Å². The van der Waals surface area contributed by atoms with Crippen LogP contribution in [0.5, 0.6) is 0 Å². The summed E-state index contributed by atoms with van der Waals surface area (Å²) >= 11 is 6.10. The van der Waals surface area contributed by atoms with E-state index in [-0.39, 0.29) is 50.7 Å². The van der Waals surface area contributed by atoms with E-state index in [0.29, 0.717) is 0 Å². The predicted octanol–water partition coefficient (Wildman–Crippen LogP) is 3.74. The summed E-state index contributed by atoms with van der Waals surface area (Å²) in [6, 6.07) is 17.0. The van der Waals surface area contributed by atoms with E-state index in [2.05, 4.69) is 45.6 Å². The van der Waals surface area contributed by atoms with Crippen molar-refractivity contribution in [3.63, 3.8) is 0 Å². The number of benzene rings is 4. The van der Waals surface area contributed by atoms with Crippen LogP contribution in [0.15, 0.2) is 110 Å². The first-order valence-corrected chi connectivity index (χ1v) is 24.6. The van der Waals surface area contributed by atoms with Crippen molar-refractivity contribution in [1.29, 1.82) is 0 Å². The van der Waals surface area contributed by atoms with Crippen molar-refractivity contribution in [2.75, 3.05) is 33.7 Å². The molecule has 0 unspecified atom stereocenters. The summed E-state index contributed by atoms with van der Waals surface area (Å²) < 4.78 is 162. The minimum Gasteiger partial charge on any atom is -0.355 e. The highest BCUT2D eigenvalue weighted by Gasteiger charge is 2.33. The quantitative estimate of drug-likeness (QED) is 0.0515. The molecule has 0 fully saturated rings. The number of rotatable bonds is 16. The first kappa shape index (κ1) is 46.5. The number of carbonyl (C=O) groups is 1. The normalized spacial score (nSPS) is 14.1. The fourth-order valence-corrected chi connectivity index (χ4v) is 9.00. The molecule has 0 aliphatic heterocycles. The number of sulfone groups is 1. The number of carbonyl (C=O) groups excluding carboxylic acids is 1. The average molecular weight is 987 g/mol. The number of Topliss-reactive ketones (excluding diaryl/α,β-unsaturated/α-hetero) is 1. The number of aromatic nitrogens is 3. The number of nitrogens with one attached hydrogen (secondary N) is 4. The first-order chi connectivity index (χ1) is 29.2. The van der Waals surface area contributed by atoms with Gasteiger partial charge in [-0.15, -0.1) is 0 Å². The molecule has 0 saturated carbocycles. The van der Waals surface area contributed by atoms with E-state index in [4.69, 9.17) is 16.2 Å². The monoisotopic (exact) mass is 986 g/mol. The van der Waals surface area contributed by atoms with E-state index >= 15 is 0 Å². The van der Waals surface area contributed by atoms with Crippen molar-refractivity contribution in [1.82, 2.24) is 15.0 Å². The SMILES string of the molecule is O=C1C(=NNc2cc(Nc3nc(Cl)nc(Nc4cccc(S(=O)(=O)CCOS(=O)(=O)O)c4)n3)ccc2S(=O)(=O)O)C(S(=O)(=O)O)=Cc2ccc(Nc3cccc(S(=O)(=O)O)c3)cc21. The molecule has 1 aromatic heterocycles. The van der Waals surface area contributed by atoms with Gasteiger partial charge in [-0.25, -0.2) is 12.6 Å². The van der Waals surface area contributed by atoms with E-state index in [1.807, 2.05) is 0 Å². The first-order valence-electron chi connectivity index (χ1n) is 16.8. The number of anilines is 7. The molecule has 1 aliphatic rings. The molecule has 0 bridgehead atoms. The zero-order chi connectivity index (χ0) is 46.1. The molecule has 0 atom stereocenters. The molecule has 332 valence electrons. The summed E-state index contributed by atoms with van der Waals surface area (Å²) in [4.78, 5) is 23.2. The van der Waals surface area contributed by atoms with E-state index in [1.165, 1.54) is 48.5 Å². The van der Waals surface area contributed by atoms with Gasteiger partial charge in [-0.05, 0) is 90.0 Å². The van der Waals surface area contributed by atoms with Crippen molar-refractivity contribution < 1.29 is 69.3 Å². The Morgan fingerprint density at radius 3 is 1.81 bits per heavy atom. The van der Waals surface area contributed by atoms with Crippen LogP contribution in [-0.2, 0) is 54.8 Å². The zero-order valence-electron chi connectivity index (χ0n) is 31.0. The third kappa shape index (κ3) is 11.9. The van der Waals surface area contributed by atoms with Crippen LogP contribution < -0.4 is 21.4 Å². The van der Waals surface area contributed by atoms with Gasteiger partial charge in [0.15, 0.2) is 15.5 Å². The molecule has 6 rings (SSSR count). The van der Waals surface area contributed by atoms with Gasteiger partial charge in [0.2, 0.25) is 23.0 Å². The molecule has 30 heteroatoms. The Hall–Kier alpha value is -5.99. The fourth-order valence-electron chi connectivity index (χ4n) is 5.50. The molecule has 63 heavy (non-hydrogen) atoms. The molecule has 8 N–H and O–H groups in total. The lowest BCUT2D eigenvalue weighted by atomic mass is 9.94. The number of fused-ring (bicyclic) bond motifs is 1. The van der Waals surface area contributed by atoms with Gasteiger partial charge in [0.05, 0.1) is 27.8 Å². The van der Waals surface area contributed by atoms with E-state index in [1.54, 1.807) is 0 Å². The number of allylic oxidation sites excluding steroid dienone is 1. The highest BCUT2D eigenvalue weighted by Crippen LogP contribution is 2.32. The van der Waals surface area contributed by atoms with Crippen molar-refractivity contribution in [2.24, 2.45) is 5.10 Å². The van der Waals surface area contributed by atoms with Crippen molar-refractivity contribution >= 4 is 120 Å². The highest BCUT2D eigenvalue weighted by molar-refractivity contribution is 7.91. The highest BCUT2D eigenvalue weighted by atomic mass is 35.5. The second-order valence-corrected chi connectivity index (χ2v) is 20.3. The Morgan fingerprint density at radius 1 is 0.635 bits per heavy atom. The second kappa shape index (κ2) is 17.6. The second-order valence-electron chi connectivity index (χ2n) is 12.6. The smallest absolute Gasteiger partial charge is 0.355 e. The summed E-state index contributed by atoms with van der Waals surface area (Å²) in [7, 11) is -23.8. The Balaban J connectivity index is 1.27. The fraction of sp³-hybridized carbons (Fsp3) is 0.0606. The van der Waals surface area contributed by atoms with Gasteiger partial charge >= 0.3 is 10.4 Å². The van der Waals surface area contributed by atoms with Gasteiger partial charge in [0.25, 0.3) is 30.4 Å². The van der Waals surface area contributed by atoms with Gasteiger partial charge in [0.1, 0.15) is 9.80 Å². The molecule has 1 heterocycles. The van der Waals surface area contributed by atoms with Gasteiger partial charge in [-0.2, -0.15) is 53.7 Å². The predicted molar refractivity (Wildman–Crippen MR) is 225 cm³/mol. The van der Waals surface area contributed by atoms with Crippen molar-refractivity contribution in [3.8, 4) is 0 Å². The van der Waals surface area contributed by atoms with Crippen LogP contribution in [0.3, 0.4) is 0 Å². The van der Waals surface area contributed by atoms with E-state index in [0.717, 1.165) is 42.5 Å². The van der Waals surface area contributed by atoms with E-state index in [9.17, 15) is 60.5 Å². The van der Waals surface area contributed by atoms with Crippen LogP contribution in [0.2, 0.25) is 5.28 Å². The van der Waals surface area contributed by atoms with Crippen molar-refractivity contribution in [2.45, 2.75) is 14.7 Å². The molecule has 24 nitrogen and oxygen atoms in total. The minimum atomic E-state index is -5.18. The van der Waals surface area contributed by atoms with Crippen LogP contribution in [-0.4, -0.2) is 99.1 Å². The summed E-state index contributed by atoms with van der Waals surface area (Å²) in [5, 5.41) is 11.6. The lowest BCUT2D eigenvalue weighted by Gasteiger charge is -2.18. The number of hydrazone groups is 1. The number of halogens is 1. The molecule has 0 saturated heterocycles. The molecule has 0 radical (unpaired) electrons. The molecule has 0 spiro atoms. The lowest BCUT2D eigenvalue weighted by Crippen LogP contribution is -2.27. The maximum atomic E-state index is 13.8. The molecule has 4 aromatic carbocycles. The third-order valence-electron chi connectivity index (χ3n) is 8.17. The Bertz CT molecular complexity index is 3330. The number of hydrogen-bond donors (Lipinski definition) is 8. The maximum Gasteiger partial charge on any atom is 0.397 e. The van der Waals surface area contributed by atoms with Gasteiger partial charge in [0, 0.05) is 28.3 Å². The van der Waals surface area contributed by atoms with Crippen LogP contribution in [0.4, 0.5) is 40.3 Å². The maximum absolute atomic E-state index is 13.8. The van der Waals surface area contributed by atoms with Crippen LogP contribution in [0.25, 0.3) is 6.08 Å². The summed E-state index contributed by atoms with van der Waals surface area (Å²) in [5.74, 6) is -2.47. The summed E-state index contributed by atoms with van der Waals surface area (Å²) in [6.07, 6.45) is 0.908. The molecular weight excluding hydrogens is 960 g/mol. The average Bonchev–Trinajstić information content (AvgIpc) is 3.16. The number of hydrogen-bond acceptors (Lipinski definition) is 20. The molecule has 5 aromatic rings. The Labute approximate surface area is 362 Å². The van der Waals surface area contributed by atoms with Gasteiger partial charge in [-0.3, -0.25) is 28.4 Å². The Kier molecular flexibility index (Phi) is 13.0. The largest absolute Gasteiger partial charge is 0.397 e. The van der Waals surface area contributed by atoms with Crippen molar-refractivity contribution in [3.05, 3.63) is 106 Å². The standard InChI is InChI=1S/C33H27ClN8O16S5/c34-31-38-32(36-20-4-1-5-23(14-20)59(44,45)12-11-58-63(55,56)57)40-33(39-31)37-22-9-10-27(61(49,50)51)26(17-22)41-42-29-28(62(52,53)54)13-18-7-8-21(16-25(18)30(29)43)35-19-3-2-6-24(15-19)60(46,47)48/h1-10,13-17,35,41H,11-12H2,(H,46,47,48)(H,49,50,51)(H,52,53,54)(H,55,56,57)(H2,36,37,38,39,40). The van der Waals surface area contributed by atoms with Crippen LogP contribution >= 0.6 is 11.6 Å². The zero-order valence-corrected chi connectivity index (χ0v) is 35.8. The number of ketones is 1. The third-order valence-corrected chi connectivity index (χ3v) is 13.1. The van der Waals surface area contributed by atoms with Gasteiger partial charge in [-0.1, -0.05) is 18.2 Å². The van der Waals surface area contributed by atoms with Crippen LogP contribution in [0.1, 0.15) is 15.9 Å². The van der Waals surface area contributed by atoms with E-state index < -0.39 is 100 Å². The minimum absolute atomic E-state index is 0.000104. The van der Waals surface area contributed by atoms with Gasteiger partial charge < -0.3 is 16.0 Å². The number of nitrogens with zero attached hydrogens (tertiary/aromatic N) is 4. The molecule has 1 aliphatic carbocycles. The summed E-state index contributed by atoms with van der Waals surface area (Å²) in [5.41, 5.74) is 0.958. The molecular formula is C33H27ClN8O16S5. The molecule has 0 amide bonds. The lowest BCUT2D eigenvalue weighted by molar-refractivity contribution is 0.106. The Morgan fingerprint density at radius 2 is 1.21 bits per heavy atom. The topological polar surface area (TPSA) is 377 Å².